The first-order valence-corrected chi connectivity index (χ1v) is 13.7. The van der Waals surface area contributed by atoms with Crippen LogP contribution in [0.25, 0.3) is 0 Å². The second-order valence-corrected chi connectivity index (χ2v) is 14.9. The maximum Gasteiger partial charge on any atom is 0.141 e. The summed E-state index contributed by atoms with van der Waals surface area (Å²) >= 11 is 0. The lowest BCUT2D eigenvalue weighted by Gasteiger charge is -2.71. The third kappa shape index (κ3) is 2.85. The van der Waals surface area contributed by atoms with Crippen molar-refractivity contribution in [3.8, 4) is 0 Å². The number of hydrogen-bond acceptors (Lipinski definition) is 3. The average molecular weight is 457 g/mol. The number of carbonyl (C=O) groups excluding carboxylic acids is 1. The molecule has 0 amide bonds. The molecule has 0 bridgehead atoms. The highest BCUT2D eigenvalue weighted by atomic mass is 16.3. The van der Waals surface area contributed by atoms with Crippen molar-refractivity contribution in [2.24, 2.45) is 50.2 Å². The molecule has 0 saturated heterocycles. The maximum atomic E-state index is 13.0. The van der Waals surface area contributed by atoms with E-state index < -0.39 is 5.41 Å². The third-order valence-corrected chi connectivity index (χ3v) is 13.0. The summed E-state index contributed by atoms with van der Waals surface area (Å²) in [5, 5.41) is 21.6. The minimum atomic E-state index is -0.581. The lowest BCUT2D eigenvalue weighted by atomic mass is 9.33. The summed E-state index contributed by atoms with van der Waals surface area (Å²) in [6.45, 7) is 16.7. The van der Waals surface area contributed by atoms with Gasteiger partial charge in [0, 0.05) is 11.8 Å². The van der Waals surface area contributed by atoms with Crippen LogP contribution >= 0.6 is 0 Å². The zero-order valence-electron chi connectivity index (χ0n) is 22.3. The lowest BCUT2D eigenvalue weighted by Crippen LogP contribution is -2.65. The molecule has 9 atom stereocenters. The Morgan fingerprint density at radius 2 is 1.61 bits per heavy atom. The van der Waals surface area contributed by atoms with Crippen LogP contribution in [0.3, 0.4) is 0 Å². The number of aliphatic hydroxyl groups is 2. The standard InChI is InChI=1S/C30H48O3/c1-25(2)16-20-19-8-9-22-27(4)12-11-23(32)28(5,18-31)21(27)10-13-30(22,7)29(19,6)15-14-26(20,3)24(33)17-25/h8,20-22,24,31,33H,9-18H2,1-7H3. The number of allylic oxidation sites excluding steroid dienone is 2. The Morgan fingerprint density at radius 3 is 2.27 bits per heavy atom. The van der Waals surface area contributed by atoms with Crippen molar-refractivity contribution in [1.82, 2.24) is 0 Å². The van der Waals surface area contributed by atoms with Crippen molar-refractivity contribution in [3.63, 3.8) is 0 Å². The molecule has 4 fully saturated rings. The second kappa shape index (κ2) is 6.96. The first-order valence-electron chi connectivity index (χ1n) is 13.7. The first-order chi connectivity index (χ1) is 15.2. The molecule has 0 aliphatic heterocycles. The van der Waals surface area contributed by atoms with Crippen LogP contribution in [0.15, 0.2) is 11.6 Å². The fraction of sp³-hybridized carbons (Fsp3) is 0.900. The predicted molar refractivity (Wildman–Crippen MR) is 133 cm³/mol. The average Bonchev–Trinajstić information content (AvgIpc) is 2.73. The van der Waals surface area contributed by atoms with Gasteiger partial charge in [-0.15, -0.1) is 0 Å². The molecule has 0 aromatic rings. The molecule has 3 nitrogen and oxygen atoms in total. The molecule has 0 heterocycles. The SMILES string of the molecule is CC1(C)CC(O)C2(C)CCC3(C)C(=CCC4C5(C)CCC(=O)C(C)(CO)C5CCC43C)C2C1. The highest BCUT2D eigenvalue weighted by Gasteiger charge is 2.69. The topological polar surface area (TPSA) is 57.5 Å². The van der Waals surface area contributed by atoms with Gasteiger partial charge in [-0.1, -0.05) is 60.1 Å². The Kier molecular flexibility index (Phi) is 5.07. The third-order valence-electron chi connectivity index (χ3n) is 13.0. The summed E-state index contributed by atoms with van der Waals surface area (Å²) in [4.78, 5) is 13.0. The zero-order chi connectivity index (χ0) is 24.2. The van der Waals surface area contributed by atoms with Crippen molar-refractivity contribution in [2.75, 3.05) is 6.61 Å². The summed E-state index contributed by atoms with van der Waals surface area (Å²) in [6.07, 6.45) is 11.6. The molecule has 0 aromatic heterocycles. The monoisotopic (exact) mass is 456 g/mol. The zero-order valence-corrected chi connectivity index (χ0v) is 22.3. The minimum absolute atomic E-state index is 0.00210. The van der Waals surface area contributed by atoms with Gasteiger partial charge in [-0.2, -0.15) is 0 Å². The molecular formula is C30H48O3. The van der Waals surface area contributed by atoms with Gasteiger partial charge in [0.2, 0.25) is 0 Å². The number of carbonyl (C=O) groups is 1. The van der Waals surface area contributed by atoms with Crippen LogP contribution in [0.5, 0.6) is 0 Å². The number of hydrogen-bond donors (Lipinski definition) is 2. The van der Waals surface area contributed by atoms with Gasteiger partial charge in [0.15, 0.2) is 0 Å². The highest BCUT2D eigenvalue weighted by molar-refractivity contribution is 5.86. The summed E-state index contributed by atoms with van der Waals surface area (Å²) in [5.74, 6) is 1.56. The van der Waals surface area contributed by atoms with Crippen molar-refractivity contribution in [3.05, 3.63) is 11.6 Å². The van der Waals surface area contributed by atoms with Crippen LogP contribution < -0.4 is 0 Å². The first kappa shape index (κ1) is 24.0. The van der Waals surface area contributed by atoms with E-state index in [-0.39, 0.29) is 51.5 Å². The van der Waals surface area contributed by atoms with Gasteiger partial charge >= 0.3 is 0 Å². The van der Waals surface area contributed by atoms with E-state index in [1.807, 2.05) is 6.92 Å². The van der Waals surface area contributed by atoms with E-state index in [1.165, 1.54) is 6.42 Å². The molecule has 186 valence electrons. The lowest BCUT2D eigenvalue weighted by molar-refractivity contribution is -0.196. The van der Waals surface area contributed by atoms with Crippen molar-refractivity contribution < 1.29 is 15.0 Å². The van der Waals surface area contributed by atoms with E-state index in [0.29, 0.717) is 18.3 Å². The van der Waals surface area contributed by atoms with E-state index in [4.69, 9.17) is 0 Å². The Hall–Kier alpha value is -0.670. The summed E-state index contributed by atoms with van der Waals surface area (Å²) in [6, 6.07) is 0. The summed E-state index contributed by atoms with van der Waals surface area (Å²) in [7, 11) is 0. The molecular weight excluding hydrogens is 408 g/mol. The van der Waals surface area contributed by atoms with Crippen molar-refractivity contribution in [2.45, 2.75) is 112 Å². The minimum Gasteiger partial charge on any atom is -0.395 e. The number of fused-ring (bicyclic) bond motifs is 7. The molecule has 5 aliphatic rings. The molecule has 33 heavy (non-hydrogen) atoms. The van der Waals surface area contributed by atoms with Crippen LogP contribution in [-0.4, -0.2) is 28.7 Å². The largest absolute Gasteiger partial charge is 0.395 e. The van der Waals surface area contributed by atoms with Gasteiger partial charge in [0.25, 0.3) is 0 Å². The molecule has 2 N–H and O–H groups in total. The molecule has 3 heteroatoms. The van der Waals surface area contributed by atoms with Gasteiger partial charge < -0.3 is 10.2 Å². The van der Waals surface area contributed by atoms with Gasteiger partial charge in [-0.3, -0.25) is 4.79 Å². The molecule has 5 aliphatic carbocycles. The Bertz CT molecular complexity index is 889. The number of aliphatic hydroxyl groups excluding tert-OH is 2. The summed E-state index contributed by atoms with van der Waals surface area (Å²) < 4.78 is 0. The Balaban J connectivity index is 1.59. The number of ketones is 1. The highest BCUT2D eigenvalue weighted by Crippen LogP contribution is 2.75. The predicted octanol–water partition coefficient (Wildman–Crippen LogP) is 6.32. The van der Waals surface area contributed by atoms with Crippen LogP contribution in [0.4, 0.5) is 0 Å². The molecule has 0 aromatic carbocycles. The Labute approximate surface area is 201 Å². The van der Waals surface area contributed by atoms with Crippen molar-refractivity contribution >= 4 is 5.78 Å². The molecule has 5 rings (SSSR count). The molecule has 0 radical (unpaired) electrons. The van der Waals surface area contributed by atoms with E-state index in [1.54, 1.807) is 5.57 Å². The molecule has 9 unspecified atom stereocenters. The maximum absolute atomic E-state index is 13.0. The van der Waals surface area contributed by atoms with E-state index in [9.17, 15) is 15.0 Å². The fourth-order valence-corrected chi connectivity index (χ4v) is 10.5. The smallest absolute Gasteiger partial charge is 0.141 e. The van der Waals surface area contributed by atoms with Crippen LogP contribution in [0, 0.1) is 50.2 Å². The number of rotatable bonds is 1. The van der Waals surface area contributed by atoms with E-state index in [2.05, 4.69) is 47.6 Å². The van der Waals surface area contributed by atoms with E-state index >= 15 is 0 Å². The Morgan fingerprint density at radius 1 is 0.909 bits per heavy atom. The van der Waals surface area contributed by atoms with Gasteiger partial charge in [-0.05, 0) is 90.8 Å². The van der Waals surface area contributed by atoms with Crippen LogP contribution in [0.2, 0.25) is 0 Å². The fourth-order valence-electron chi connectivity index (χ4n) is 10.5. The summed E-state index contributed by atoms with van der Waals surface area (Å²) in [5.41, 5.74) is 1.69. The normalized spacial score (nSPS) is 55.5. The van der Waals surface area contributed by atoms with E-state index in [0.717, 1.165) is 44.9 Å². The van der Waals surface area contributed by atoms with Gasteiger partial charge in [0.05, 0.1) is 18.1 Å². The quantitative estimate of drug-likeness (QED) is 0.454. The second-order valence-electron chi connectivity index (χ2n) is 14.9. The van der Waals surface area contributed by atoms with Crippen LogP contribution in [0.1, 0.15) is 106 Å². The van der Waals surface area contributed by atoms with Crippen LogP contribution in [-0.2, 0) is 4.79 Å². The van der Waals surface area contributed by atoms with Crippen molar-refractivity contribution in [1.29, 1.82) is 0 Å². The van der Waals surface area contributed by atoms with Gasteiger partial charge in [0.1, 0.15) is 5.78 Å². The molecule has 4 saturated carbocycles. The number of Topliss-reactive ketones (excluding diaryl/α,β-unsaturated/α-hetero) is 1. The molecule has 0 spiro atoms. The van der Waals surface area contributed by atoms with Gasteiger partial charge in [-0.25, -0.2) is 0 Å².